The molecule has 0 amide bonds. The number of hydrogen-bond acceptors (Lipinski definition) is 15. The summed E-state index contributed by atoms with van der Waals surface area (Å²) in [7, 11) is -9.89. The maximum Gasteiger partial charge on any atom is 0.472 e. The first-order valence-electron chi connectivity index (χ1n) is 36.0. The minimum Gasteiger partial charge on any atom is -0.462 e. The fraction of sp³-hybridized carbons (Fsp3) is 0.942. The fourth-order valence-corrected chi connectivity index (χ4v) is 12.0. The van der Waals surface area contributed by atoms with Crippen LogP contribution < -0.4 is 0 Å². The van der Waals surface area contributed by atoms with Gasteiger partial charge in [-0.25, -0.2) is 9.13 Å². The van der Waals surface area contributed by atoms with Crippen LogP contribution in [0.4, 0.5) is 0 Å². The molecule has 0 aromatic carbocycles. The molecule has 0 aliphatic rings. The summed E-state index contributed by atoms with van der Waals surface area (Å²) in [6.45, 7) is 9.47. The Labute approximate surface area is 537 Å². The second-order valence-corrected chi connectivity index (χ2v) is 28.8. The number of phosphoric acid groups is 2. The molecular weight excluding hydrogens is 1160 g/mol. The SMILES string of the molecule is CCCCCCCCCCCCCCCCC(=O)OC[C@H](COP(=O)(O)OC[C@@H](O)COP(=O)(O)OC[C@@H](COC(=O)CCCCCCCCCC)OC(=O)CCCCCCCCCC(C)C)OC(=O)CCCCCCCCCCCCCCCC(C)C. The Hall–Kier alpha value is -1.94. The molecule has 88 heavy (non-hydrogen) atoms. The van der Waals surface area contributed by atoms with Gasteiger partial charge in [0.25, 0.3) is 0 Å². The van der Waals surface area contributed by atoms with Gasteiger partial charge in [-0.3, -0.25) is 37.3 Å². The number of rotatable bonds is 68. The predicted molar refractivity (Wildman–Crippen MR) is 354 cm³/mol. The van der Waals surface area contributed by atoms with Gasteiger partial charge in [0.05, 0.1) is 26.4 Å². The van der Waals surface area contributed by atoms with Crippen LogP contribution in [0.25, 0.3) is 0 Å². The van der Waals surface area contributed by atoms with Crippen LogP contribution >= 0.6 is 15.6 Å². The molecule has 0 bridgehead atoms. The third-order valence-electron chi connectivity index (χ3n) is 16.0. The molecular formula is C69H134O17P2. The van der Waals surface area contributed by atoms with E-state index in [0.717, 1.165) is 102 Å². The largest absolute Gasteiger partial charge is 0.472 e. The Bertz CT molecular complexity index is 1720. The zero-order valence-electron chi connectivity index (χ0n) is 57.0. The normalized spacial score (nSPS) is 14.2. The number of hydrogen-bond donors (Lipinski definition) is 3. The molecule has 0 aromatic rings. The van der Waals surface area contributed by atoms with Crippen LogP contribution in [0.2, 0.25) is 0 Å². The van der Waals surface area contributed by atoms with Crippen molar-refractivity contribution >= 4 is 39.5 Å². The molecule has 0 spiro atoms. The van der Waals surface area contributed by atoms with Crippen LogP contribution in [-0.2, 0) is 65.4 Å². The molecule has 0 saturated carbocycles. The van der Waals surface area contributed by atoms with Gasteiger partial charge in [0.1, 0.15) is 19.3 Å². The van der Waals surface area contributed by atoms with Crippen LogP contribution in [0, 0.1) is 11.8 Å². The molecule has 522 valence electrons. The van der Waals surface area contributed by atoms with E-state index in [1.165, 1.54) is 161 Å². The summed E-state index contributed by atoms with van der Waals surface area (Å²) >= 11 is 0. The van der Waals surface area contributed by atoms with Crippen LogP contribution in [0.1, 0.15) is 350 Å². The number of carbonyl (C=O) groups excluding carboxylic acids is 4. The number of ether oxygens (including phenoxy) is 4. The molecule has 0 radical (unpaired) electrons. The number of phosphoric ester groups is 2. The standard InChI is InChI=1S/C69H134O17P2/c1-7-9-11-13-15-17-18-19-22-25-28-34-40-46-52-67(72)80-58-64(85-68(73)53-47-41-35-29-26-23-20-21-24-27-31-37-43-49-61(3)4)59-83-87(75,76)81-55-63(70)56-82-88(77,78)84-60-65(57-79-66(71)51-45-39-33-16-14-12-10-8-2)86-69(74)54-48-42-36-30-32-38-44-50-62(5)6/h61-65,70H,7-60H2,1-6H3,(H,75,76)(H,77,78)/t63-,64-,65-/m1/s1. The predicted octanol–water partition coefficient (Wildman–Crippen LogP) is 19.6. The Kier molecular flexibility index (Phi) is 59.9. The van der Waals surface area contributed by atoms with E-state index in [4.69, 9.17) is 37.0 Å². The third-order valence-corrected chi connectivity index (χ3v) is 17.9. The fourth-order valence-electron chi connectivity index (χ4n) is 10.4. The number of unbranched alkanes of at least 4 members (excludes halogenated alkanes) is 38. The Balaban J connectivity index is 5.22. The zero-order valence-corrected chi connectivity index (χ0v) is 58.8. The van der Waals surface area contributed by atoms with Crippen molar-refractivity contribution in [2.45, 2.75) is 368 Å². The monoisotopic (exact) mass is 1300 g/mol. The van der Waals surface area contributed by atoms with Gasteiger partial charge in [0.15, 0.2) is 12.2 Å². The van der Waals surface area contributed by atoms with Gasteiger partial charge in [-0.2, -0.15) is 0 Å². The topological polar surface area (TPSA) is 237 Å². The molecule has 17 nitrogen and oxygen atoms in total. The van der Waals surface area contributed by atoms with E-state index in [1.54, 1.807) is 0 Å². The summed E-state index contributed by atoms with van der Waals surface area (Å²) in [6, 6.07) is 0. The average Bonchev–Trinajstić information content (AvgIpc) is 3.52. The second kappa shape index (κ2) is 61.3. The zero-order chi connectivity index (χ0) is 65.0. The van der Waals surface area contributed by atoms with E-state index < -0.39 is 97.5 Å². The number of esters is 4. The summed E-state index contributed by atoms with van der Waals surface area (Å²) in [6.07, 6.45) is 45.9. The van der Waals surface area contributed by atoms with Crippen molar-refractivity contribution in [3.8, 4) is 0 Å². The van der Waals surface area contributed by atoms with Crippen molar-refractivity contribution in [2.75, 3.05) is 39.6 Å². The summed E-state index contributed by atoms with van der Waals surface area (Å²) in [4.78, 5) is 72.4. The number of aliphatic hydroxyl groups is 1. The summed E-state index contributed by atoms with van der Waals surface area (Å²) in [5, 5.41) is 10.6. The van der Waals surface area contributed by atoms with Gasteiger partial charge in [0.2, 0.25) is 0 Å². The molecule has 0 fully saturated rings. The van der Waals surface area contributed by atoms with Gasteiger partial charge in [-0.15, -0.1) is 0 Å². The van der Waals surface area contributed by atoms with Gasteiger partial charge < -0.3 is 33.8 Å². The van der Waals surface area contributed by atoms with Gasteiger partial charge >= 0.3 is 39.5 Å². The molecule has 0 aliphatic carbocycles. The quantitative estimate of drug-likeness (QED) is 0.0222. The highest BCUT2D eigenvalue weighted by Crippen LogP contribution is 2.45. The maximum absolute atomic E-state index is 13.0. The molecule has 0 saturated heterocycles. The molecule has 0 rings (SSSR count). The number of carbonyl (C=O) groups is 4. The lowest BCUT2D eigenvalue weighted by atomic mass is 10.0. The van der Waals surface area contributed by atoms with Crippen LogP contribution in [0.3, 0.4) is 0 Å². The summed E-state index contributed by atoms with van der Waals surface area (Å²) in [5.41, 5.74) is 0. The van der Waals surface area contributed by atoms with E-state index in [2.05, 4.69) is 41.5 Å². The van der Waals surface area contributed by atoms with Crippen molar-refractivity contribution in [3.05, 3.63) is 0 Å². The van der Waals surface area contributed by atoms with E-state index in [0.29, 0.717) is 31.6 Å². The van der Waals surface area contributed by atoms with Crippen LogP contribution in [0.15, 0.2) is 0 Å². The first-order chi connectivity index (χ1) is 42.4. The van der Waals surface area contributed by atoms with E-state index in [9.17, 15) is 43.2 Å². The molecule has 3 N–H and O–H groups in total. The molecule has 2 unspecified atom stereocenters. The van der Waals surface area contributed by atoms with Gasteiger partial charge in [0, 0.05) is 25.7 Å². The lowest BCUT2D eigenvalue weighted by Crippen LogP contribution is -2.30. The van der Waals surface area contributed by atoms with Gasteiger partial charge in [-0.05, 0) is 37.5 Å². The summed E-state index contributed by atoms with van der Waals surface area (Å²) < 4.78 is 68.2. The smallest absolute Gasteiger partial charge is 0.462 e. The highest BCUT2D eigenvalue weighted by Gasteiger charge is 2.30. The van der Waals surface area contributed by atoms with Crippen molar-refractivity contribution in [1.29, 1.82) is 0 Å². The van der Waals surface area contributed by atoms with Crippen LogP contribution in [-0.4, -0.2) is 96.7 Å². The Morgan fingerprint density at radius 2 is 0.523 bits per heavy atom. The average molecular weight is 1300 g/mol. The lowest BCUT2D eigenvalue weighted by molar-refractivity contribution is -0.161. The first-order valence-corrected chi connectivity index (χ1v) is 39.0. The first kappa shape index (κ1) is 86.1. The van der Waals surface area contributed by atoms with Crippen molar-refractivity contribution in [3.63, 3.8) is 0 Å². The highest BCUT2D eigenvalue weighted by atomic mass is 31.2. The second-order valence-electron chi connectivity index (χ2n) is 25.9. The van der Waals surface area contributed by atoms with E-state index >= 15 is 0 Å². The Morgan fingerprint density at radius 3 is 0.773 bits per heavy atom. The molecule has 19 heteroatoms. The minimum atomic E-state index is -4.95. The van der Waals surface area contributed by atoms with Gasteiger partial charge in [-0.1, -0.05) is 298 Å². The number of aliphatic hydroxyl groups excluding tert-OH is 1. The summed E-state index contributed by atoms with van der Waals surface area (Å²) in [5.74, 6) is -0.646. The third kappa shape index (κ3) is 62.8. The minimum absolute atomic E-state index is 0.103. The highest BCUT2D eigenvalue weighted by molar-refractivity contribution is 7.47. The van der Waals surface area contributed by atoms with Crippen molar-refractivity contribution < 1.29 is 80.2 Å². The lowest BCUT2D eigenvalue weighted by Gasteiger charge is -2.21. The van der Waals surface area contributed by atoms with Crippen molar-refractivity contribution in [1.82, 2.24) is 0 Å². The molecule has 0 aromatic heterocycles. The maximum atomic E-state index is 13.0. The Morgan fingerprint density at radius 1 is 0.307 bits per heavy atom. The van der Waals surface area contributed by atoms with E-state index in [-0.39, 0.29) is 25.7 Å². The molecule has 0 aliphatic heterocycles. The molecule has 5 atom stereocenters. The van der Waals surface area contributed by atoms with E-state index in [1.807, 2.05) is 0 Å². The van der Waals surface area contributed by atoms with Crippen molar-refractivity contribution in [2.24, 2.45) is 11.8 Å². The molecule has 0 heterocycles. The van der Waals surface area contributed by atoms with Crippen LogP contribution in [0.5, 0.6) is 0 Å².